The largest absolute Gasteiger partial charge is 0.458 e. The van der Waals surface area contributed by atoms with Crippen molar-refractivity contribution < 1.29 is 33.6 Å². The third-order valence-electron chi connectivity index (χ3n) is 7.41. The van der Waals surface area contributed by atoms with Crippen molar-refractivity contribution in [3.63, 3.8) is 0 Å². The zero-order chi connectivity index (χ0) is 29.1. The van der Waals surface area contributed by atoms with Crippen molar-refractivity contribution in [2.45, 2.75) is 45.4 Å². The van der Waals surface area contributed by atoms with Gasteiger partial charge in [0.25, 0.3) is 5.56 Å². The number of carbonyl (C=O) groups is 2. The van der Waals surface area contributed by atoms with Gasteiger partial charge in [0, 0.05) is 23.1 Å². The van der Waals surface area contributed by atoms with Crippen molar-refractivity contribution in [2.75, 3.05) is 33.0 Å². The molecule has 4 heterocycles. The molecule has 1 atom stereocenters. The first-order valence-corrected chi connectivity index (χ1v) is 13.5. The van der Waals surface area contributed by atoms with E-state index in [0.29, 0.717) is 55.4 Å². The quantitative estimate of drug-likeness (QED) is 0.170. The van der Waals surface area contributed by atoms with Gasteiger partial charge in [0.05, 0.1) is 48.8 Å². The van der Waals surface area contributed by atoms with Crippen LogP contribution in [0.4, 0.5) is 4.79 Å². The van der Waals surface area contributed by atoms with Crippen LogP contribution in [0.25, 0.3) is 22.3 Å². The summed E-state index contributed by atoms with van der Waals surface area (Å²) < 4.78 is 22.7. The number of aryl methyl sites for hydroxylation is 1. The minimum absolute atomic E-state index is 0.0748. The number of ether oxygens (including phenoxy) is 4. The molecular formula is C30H31N3O8. The highest BCUT2D eigenvalue weighted by Gasteiger charge is 2.45. The molecule has 0 spiro atoms. The maximum Gasteiger partial charge on any atom is 0.412 e. The number of aromatic nitrogens is 2. The first-order valence-electron chi connectivity index (χ1n) is 13.5. The molecule has 0 saturated heterocycles. The lowest BCUT2D eigenvalue weighted by molar-refractivity contribution is -0.172. The average Bonchev–Trinajstić information content (AvgIpc) is 3.34. The van der Waals surface area contributed by atoms with Gasteiger partial charge >= 0.3 is 12.1 Å². The molecule has 11 heteroatoms. The summed E-state index contributed by atoms with van der Waals surface area (Å²) in [6.07, 6.45) is 5.20. The number of amides is 1. The fourth-order valence-electron chi connectivity index (χ4n) is 5.33. The summed E-state index contributed by atoms with van der Waals surface area (Å²) in [5, 5.41) is 14.5. The first kappa shape index (κ1) is 28.3. The number of terminal acetylenes is 1. The molecule has 2 aromatic heterocycles. The SMILES string of the molecule is C#CCOCCOCCNC(=O)Oc1ccc2nc3c(c(CC)c2c1)Cn1c-3cc2c(c1=O)COC(=O)C2(O)CC. The van der Waals surface area contributed by atoms with Crippen molar-refractivity contribution in [3.05, 3.63) is 56.9 Å². The van der Waals surface area contributed by atoms with Crippen LogP contribution in [0.15, 0.2) is 29.1 Å². The van der Waals surface area contributed by atoms with Gasteiger partial charge in [-0.1, -0.05) is 19.8 Å². The number of nitrogens with one attached hydrogen (secondary N) is 1. The van der Waals surface area contributed by atoms with Crippen LogP contribution in [-0.4, -0.2) is 59.7 Å². The second-order valence-electron chi connectivity index (χ2n) is 9.74. The third kappa shape index (κ3) is 5.17. The molecule has 0 bridgehead atoms. The highest BCUT2D eigenvalue weighted by molar-refractivity contribution is 5.90. The standard InChI is InChI=1S/C30H31N3O8/c1-4-10-38-12-13-39-11-9-31-29(36)41-18-7-8-24-20(14-18)19(5-2)21-16-33-25(26(21)32-24)15-23-22(27(33)34)17-40-28(35)30(23,37)6-3/h1,7-8,14-15,37H,5-6,9-13,16-17H2,2-3H3,(H,31,36). The predicted octanol–water partition coefficient (Wildman–Crippen LogP) is 2.40. The number of pyridine rings is 2. The van der Waals surface area contributed by atoms with Crippen molar-refractivity contribution in [1.29, 1.82) is 0 Å². The minimum atomic E-state index is -1.88. The molecule has 0 aliphatic carbocycles. The highest BCUT2D eigenvalue weighted by Crippen LogP contribution is 2.40. The molecule has 2 N–H and O–H groups in total. The zero-order valence-electron chi connectivity index (χ0n) is 23.0. The smallest absolute Gasteiger partial charge is 0.412 e. The molecule has 1 amide bonds. The number of carbonyl (C=O) groups excluding carboxylic acids is 2. The van der Waals surface area contributed by atoms with E-state index in [0.717, 1.165) is 16.5 Å². The van der Waals surface area contributed by atoms with Gasteiger partial charge < -0.3 is 33.9 Å². The van der Waals surface area contributed by atoms with E-state index in [4.69, 9.17) is 30.4 Å². The second-order valence-corrected chi connectivity index (χ2v) is 9.74. The van der Waals surface area contributed by atoms with Gasteiger partial charge in [-0.25, -0.2) is 14.6 Å². The summed E-state index contributed by atoms with van der Waals surface area (Å²) in [5.74, 6) is 1.96. The maximum atomic E-state index is 13.5. The highest BCUT2D eigenvalue weighted by atomic mass is 16.6. The van der Waals surface area contributed by atoms with Gasteiger partial charge in [-0.15, -0.1) is 6.42 Å². The topological polar surface area (TPSA) is 138 Å². The normalized spacial score (nSPS) is 16.9. The molecular weight excluding hydrogens is 530 g/mol. The first-order chi connectivity index (χ1) is 19.8. The summed E-state index contributed by atoms with van der Waals surface area (Å²) in [6.45, 7) is 5.31. The monoisotopic (exact) mass is 561 g/mol. The zero-order valence-corrected chi connectivity index (χ0v) is 23.0. The Morgan fingerprint density at radius 3 is 2.76 bits per heavy atom. The molecule has 0 saturated carbocycles. The number of rotatable bonds is 10. The van der Waals surface area contributed by atoms with Crippen LogP contribution in [-0.2, 0) is 44.2 Å². The van der Waals surface area contributed by atoms with E-state index >= 15 is 0 Å². The number of aliphatic hydroxyl groups is 1. The molecule has 5 rings (SSSR count). The van der Waals surface area contributed by atoms with Gasteiger partial charge in [-0.05, 0) is 42.7 Å². The van der Waals surface area contributed by atoms with E-state index in [1.54, 1.807) is 35.8 Å². The summed E-state index contributed by atoms with van der Waals surface area (Å²) >= 11 is 0. The number of nitrogens with zero attached hydrogens (tertiary/aromatic N) is 2. The van der Waals surface area contributed by atoms with E-state index in [2.05, 4.69) is 11.2 Å². The Hall–Kier alpha value is -4.24. The predicted molar refractivity (Wildman–Crippen MR) is 148 cm³/mol. The van der Waals surface area contributed by atoms with Crippen molar-refractivity contribution in [3.8, 4) is 29.5 Å². The van der Waals surface area contributed by atoms with Crippen LogP contribution < -0.4 is 15.6 Å². The Morgan fingerprint density at radius 2 is 2.00 bits per heavy atom. The van der Waals surface area contributed by atoms with Crippen LogP contribution >= 0.6 is 0 Å². The molecule has 1 aromatic carbocycles. The Labute approximate surface area is 236 Å². The molecule has 11 nitrogen and oxygen atoms in total. The minimum Gasteiger partial charge on any atom is -0.458 e. The van der Waals surface area contributed by atoms with Gasteiger partial charge in [0.1, 0.15) is 19.0 Å². The lowest BCUT2D eigenvalue weighted by Gasteiger charge is -2.31. The van der Waals surface area contributed by atoms with E-state index in [1.165, 1.54) is 0 Å². The van der Waals surface area contributed by atoms with Crippen molar-refractivity contribution in [1.82, 2.24) is 14.9 Å². The number of benzene rings is 1. The molecule has 41 heavy (non-hydrogen) atoms. The van der Waals surface area contributed by atoms with Gasteiger partial charge in [0.15, 0.2) is 5.60 Å². The summed E-state index contributed by atoms with van der Waals surface area (Å²) in [7, 11) is 0. The Kier molecular flexibility index (Phi) is 8.08. The molecule has 214 valence electrons. The lowest BCUT2D eigenvalue weighted by atomic mass is 9.86. The van der Waals surface area contributed by atoms with Gasteiger partial charge in [-0.2, -0.15) is 0 Å². The van der Waals surface area contributed by atoms with Gasteiger partial charge in [0.2, 0.25) is 0 Å². The second kappa shape index (κ2) is 11.7. The molecule has 2 aliphatic rings. The van der Waals surface area contributed by atoms with E-state index in [-0.39, 0.29) is 42.9 Å². The lowest BCUT2D eigenvalue weighted by Crippen LogP contribution is -2.44. The van der Waals surface area contributed by atoms with Crippen LogP contribution in [0.2, 0.25) is 0 Å². The Bertz CT molecular complexity index is 1620. The summed E-state index contributed by atoms with van der Waals surface area (Å²) in [5.41, 5.74) is 2.03. The Balaban J connectivity index is 1.38. The molecule has 0 fully saturated rings. The average molecular weight is 562 g/mol. The fourth-order valence-corrected chi connectivity index (χ4v) is 5.33. The summed E-state index contributed by atoms with van der Waals surface area (Å²) in [6, 6.07) is 6.87. The van der Waals surface area contributed by atoms with Gasteiger partial charge in [-0.3, -0.25) is 4.79 Å². The molecule has 3 aromatic rings. The van der Waals surface area contributed by atoms with Crippen LogP contribution in [0.1, 0.15) is 42.5 Å². The maximum absolute atomic E-state index is 13.5. The van der Waals surface area contributed by atoms with E-state index in [9.17, 15) is 19.5 Å². The van der Waals surface area contributed by atoms with E-state index in [1.807, 2.05) is 6.92 Å². The number of cyclic esters (lactones) is 1. The molecule has 0 radical (unpaired) electrons. The fraction of sp³-hybridized carbons (Fsp3) is 0.400. The Morgan fingerprint density at radius 1 is 1.20 bits per heavy atom. The number of hydrogen-bond acceptors (Lipinski definition) is 9. The number of fused-ring (bicyclic) bond motifs is 5. The number of esters is 1. The molecule has 1 unspecified atom stereocenters. The van der Waals surface area contributed by atoms with Crippen LogP contribution in [0.3, 0.4) is 0 Å². The van der Waals surface area contributed by atoms with Crippen LogP contribution in [0.5, 0.6) is 5.75 Å². The van der Waals surface area contributed by atoms with E-state index < -0.39 is 17.7 Å². The third-order valence-corrected chi connectivity index (χ3v) is 7.41. The van der Waals surface area contributed by atoms with Crippen LogP contribution in [0, 0.1) is 12.3 Å². The van der Waals surface area contributed by atoms with Crippen molar-refractivity contribution in [2.24, 2.45) is 0 Å². The number of hydrogen-bond donors (Lipinski definition) is 2. The molecule has 2 aliphatic heterocycles. The van der Waals surface area contributed by atoms with Crippen molar-refractivity contribution >= 4 is 23.0 Å². The summed E-state index contributed by atoms with van der Waals surface area (Å²) in [4.78, 5) is 43.1.